The predicted octanol–water partition coefficient (Wildman–Crippen LogP) is 2.75. The van der Waals surface area contributed by atoms with Crippen molar-refractivity contribution in [2.45, 2.75) is 13.3 Å². The van der Waals surface area contributed by atoms with Gasteiger partial charge in [0, 0.05) is 12.4 Å². The Hall–Kier alpha value is -1.77. The lowest BCUT2D eigenvalue weighted by molar-refractivity contribution is 0.274. The third-order valence-corrected chi connectivity index (χ3v) is 2.08. The fourth-order valence-electron chi connectivity index (χ4n) is 1.40. The Morgan fingerprint density at radius 2 is 2.47 bits per heavy atom. The van der Waals surface area contributed by atoms with Crippen molar-refractivity contribution in [2.75, 3.05) is 6.61 Å². The van der Waals surface area contributed by atoms with Crippen LogP contribution in [-0.2, 0) is 4.74 Å². The molecule has 1 aromatic heterocycles. The van der Waals surface area contributed by atoms with Crippen LogP contribution in [0.1, 0.15) is 19.0 Å². The summed E-state index contributed by atoms with van der Waals surface area (Å²) in [5.74, 6) is 0.826. The Balaban J connectivity index is 2.28. The van der Waals surface area contributed by atoms with E-state index < -0.39 is 0 Å². The van der Waals surface area contributed by atoms with Crippen LogP contribution in [-0.4, -0.2) is 17.8 Å². The van der Waals surface area contributed by atoms with Gasteiger partial charge < -0.3 is 9.72 Å². The molecule has 15 heavy (non-hydrogen) atoms. The number of ether oxygens (including phenoxy) is 1. The molecule has 3 nitrogen and oxygen atoms in total. The minimum atomic E-state index is 0.710. The number of aliphatic imine (C=N–C) groups is 1. The molecular formula is C12H14N2O. The van der Waals surface area contributed by atoms with Crippen LogP contribution in [0.2, 0.25) is 0 Å². The Bertz CT molecular complexity index is 385. The molecule has 0 fully saturated rings. The molecule has 0 unspecified atom stereocenters. The molecule has 0 bridgehead atoms. The summed E-state index contributed by atoms with van der Waals surface area (Å²) in [4.78, 5) is 7.38. The lowest BCUT2D eigenvalue weighted by Gasteiger charge is -2.09. The molecule has 0 saturated heterocycles. The van der Waals surface area contributed by atoms with Crippen molar-refractivity contribution in [3.8, 4) is 0 Å². The third-order valence-electron chi connectivity index (χ3n) is 2.08. The highest BCUT2D eigenvalue weighted by Gasteiger charge is 2.10. The Labute approximate surface area is 89.2 Å². The van der Waals surface area contributed by atoms with E-state index in [2.05, 4.69) is 16.9 Å². The zero-order valence-corrected chi connectivity index (χ0v) is 8.73. The zero-order chi connectivity index (χ0) is 10.5. The van der Waals surface area contributed by atoms with E-state index in [1.807, 2.05) is 30.5 Å². The van der Waals surface area contributed by atoms with Gasteiger partial charge in [-0.25, -0.2) is 0 Å². The van der Waals surface area contributed by atoms with Gasteiger partial charge >= 0.3 is 0 Å². The fraction of sp³-hybridized carbons (Fsp3) is 0.250. The van der Waals surface area contributed by atoms with Gasteiger partial charge in [-0.2, -0.15) is 0 Å². The Morgan fingerprint density at radius 3 is 3.07 bits per heavy atom. The van der Waals surface area contributed by atoms with E-state index in [9.17, 15) is 0 Å². The van der Waals surface area contributed by atoms with E-state index in [1.54, 1.807) is 6.21 Å². The molecule has 78 valence electrons. The number of hydrogen-bond acceptors (Lipinski definition) is 2. The van der Waals surface area contributed by atoms with Crippen LogP contribution in [0.15, 0.2) is 41.2 Å². The van der Waals surface area contributed by atoms with Crippen molar-refractivity contribution < 1.29 is 4.74 Å². The third kappa shape index (κ3) is 2.18. The van der Waals surface area contributed by atoms with Crippen LogP contribution in [0, 0.1) is 0 Å². The molecule has 0 saturated carbocycles. The summed E-state index contributed by atoms with van der Waals surface area (Å²) in [6.45, 7) is 2.80. The maximum Gasteiger partial charge on any atom is 0.168 e. The van der Waals surface area contributed by atoms with Crippen LogP contribution in [0.25, 0.3) is 5.76 Å². The molecule has 0 amide bonds. The molecule has 0 atom stereocenters. The van der Waals surface area contributed by atoms with Crippen molar-refractivity contribution in [1.29, 1.82) is 0 Å². The van der Waals surface area contributed by atoms with E-state index >= 15 is 0 Å². The van der Waals surface area contributed by atoms with Gasteiger partial charge in [-0.1, -0.05) is 6.92 Å². The lowest BCUT2D eigenvalue weighted by Crippen LogP contribution is -1.96. The lowest BCUT2D eigenvalue weighted by atomic mass is 10.3. The van der Waals surface area contributed by atoms with Gasteiger partial charge in [-0.3, -0.25) is 4.99 Å². The number of allylic oxidation sites excluding steroid dienone is 2. The molecular weight excluding hydrogens is 188 g/mol. The van der Waals surface area contributed by atoms with Crippen LogP contribution < -0.4 is 0 Å². The van der Waals surface area contributed by atoms with E-state index in [-0.39, 0.29) is 0 Å². The van der Waals surface area contributed by atoms with Gasteiger partial charge in [0.2, 0.25) is 0 Å². The van der Waals surface area contributed by atoms with Gasteiger partial charge in [0.05, 0.1) is 12.3 Å². The van der Waals surface area contributed by atoms with E-state index in [1.165, 1.54) is 0 Å². The van der Waals surface area contributed by atoms with E-state index in [0.717, 1.165) is 23.6 Å². The summed E-state index contributed by atoms with van der Waals surface area (Å²) in [5, 5.41) is 0. The molecule has 2 heterocycles. The molecule has 1 N–H and O–H groups in total. The van der Waals surface area contributed by atoms with Gasteiger partial charge in [0.25, 0.3) is 0 Å². The largest absolute Gasteiger partial charge is 0.489 e. The smallest absolute Gasteiger partial charge is 0.168 e. The standard InChI is InChI=1S/C12H14N2O/c1-2-9-15-12(10-5-3-7-13-10)11-6-4-8-14-11/h3-8,13H,2,9H2,1H3/b12-11-. The SMILES string of the molecule is CCCO/C(=C1/C=CC=N1)c1ccc[nH]1. The summed E-state index contributed by atoms with van der Waals surface area (Å²) in [6, 6.07) is 3.94. The molecule has 3 heteroatoms. The molecule has 0 aliphatic carbocycles. The molecule has 1 aliphatic heterocycles. The molecule has 2 rings (SSSR count). The Morgan fingerprint density at radius 1 is 1.53 bits per heavy atom. The number of nitrogens with zero attached hydrogens (tertiary/aromatic N) is 1. The minimum absolute atomic E-state index is 0.710. The second-order valence-electron chi connectivity index (χ2n) is 3.28. The van der Waals surface area contributed by atoms with Gasteiger partial charge in [-0.15, -0.1) is 0 Å². The predicted molar refractivity (Wildman–Crippen MR) is 61.6 cm³/mol. The summed E-state index contributed by atoms with van der Waals surface area (Å²) >= 11 is 0. The topological polar surface area (TPSA) is 37.4 Å². The van der Waals surface area contributed by atoms with Crippen molar-refractivity contribution in [1.82, 2.24) is 4.98 Å². The molecule has 1 aromatic rings. The molecule has 0 aromatic carbocycles. The maximum absolute atomic E-state index is 5.70. The van der Waals surface area contributed by atoms with Crippen LogP contribution in [0.3, 0.4) is 0 Å². The fourth-order valence-corrected chi connectivity index (χ4v) is 1.40. The summed E-state index contributed by atoms with van der Waals surface area (Å²) in [7, 11) is 0. The summed E-state index contributed by atoms with van der Waals surface area (Å²) < 4.78 is 5.70. The number of hydrogen-bond donors (Lipinski definition) is 1. The Kier molecular flexibility index (Phi) is 3.02. The number of H-pyrrole nitrogens is 1. The monoisotopic (exact) mass is 202 g/mol. The van der Waals surface area contributed by atoms with Crippen LogP contribution >= 0.6 is 0 Å². The van der Waals surface area contributed by atoms with Crippen molar-refractivity contribution in [3.63, 3.8) is 0 Å². The highest BCUT2D eigenvalue weighted by molar-refractivity contribution is 5.81. The second-order valence-corrected chi connectivity index (χ2v) is 3.28. The number of aromatic amines is 1. The first-order chi connectivity index (χ1) is 7.42. The number of rotatable bonds is 4. The average molecular weight is 202 g/mol. The van der Waals surface area contributed by atoms with Gasteiger partial charge in [0.15, 0.2) is 5.76 Å². The highest BCUT2D eigenvalue weighted by Crippen LogP contribution is 2.22. The minimum Gasteiger partial charge on any atom is -0.489 e. The number of nitrogens with one attached hydrogen (secondary N) is 1. The first-order valence-corrected chi connectivity index (χ1v) is 5.13. The van der Waals surface area contributed by atoms with Gasteiger partial charge in [0.1, 0.15) is 5.70 Å². The zero-order valence-electron chi connectivity index (χ0n) is 8.73. The first kappa shape index (κ1) is 9.77. The summed E-state index contributed by atoms with van der Waals surface area (Å²) in [6.07, 6.45) is 8.51. The van der Waals surface area contributed by atoms with Crippen molar-refractivity contribution in [3.05, 3.63) is 41.9 Å². The van der Waals surface area contributed by atoms with Crippen LogP contribution in [0.4, 0.5) is 0 Å². The van der Waals surface area contributed by atoms with Gasteiger partial charge in [-0.05, 0) is 30.7 Å². The highest BCUT2D eigenvalue weighted by atomic mass is 16.5. The average Bonchev–Trinajstić information content (AvgIpc) is 2.90. The van der Waals surface area contributed by atoms with E-state index in [0.29, 0.717) is 6.61 Å². The molecule has 0 radical (unpaired) electrons. The normalized spacial score (nSPS) is 17.1. The summed E-state index contributed by atoms with van der Waals surface area (Å²) in [5.41, 5.74) is 1.85. The molecule has 1 aliphatic rings. The quantitative estimate of drug-likeness (QED) is 0.749. The van der Waals surface area contributed by atoms with E-state index in [4.69, 9.17) is 4.74 Å². The molecule has 0 spiro atoms. The second kappa shape index (κ2) is 4.64. The first-order valence-electron chi connectivity index (χ1n) is 5.13. The maximum atomic E-state index is 5.70. The van der Waals surface area contributed by atoms with Crippen LogP contribution in [0.5, 0.6) is 0 Å². The number of aromatic nitrogens is 1. The van der Waals surface area contributed by atoms with Crippen molar-refractivity contribution in [2.24, 2.45) is 4.99 Å². The van der Waals surface area contributed by atoms with Crippen molar-refractivity contribution >= 4 is 12.0 Å².